The van der Waals surface area contributed by atoms with Crippen molar-refractivity contribution >= 4 is 23.6 Å². The Morgan fingerprint density at radius 2 is 1.14 bits per heavy atom. The number of carbonyl (C=O) groups is 2. The van der Waals surface area contributed by atoms with Gasteiger partial charge in [0.1, 0.15) is 0 Å². The van der Waals surface area contributed by atoms with Crippen LogP contribution in [-0.2, 0) is 0 Å². The summed E-state index contributed by atoms with van der Waals surface area (Å²) in [6.07, 6.45) is 0. The second-order valence-electron chi connectivity index (χ2n) is 4.46. The second-order valence-corrected chi connectivity index (χ2v) is 4.46. The Kier molecular flexibility index (Phi) is 3.33. The summed E-state index contributed by atoms with van der Waals surface area (Å²) in [5.74, 6) is -2.17. The maximum atomic E-state index is 11.0. The zero-order valence-corrected chi connectivity index (χ0v) is 11.0. The number of carboxylic acids is 2. The van der Waals surface area contributed by atoms with Gasteiger partial charge in [-0.15, -0.1) is 0 Å². The van der Waals surface area contributed by atoms with Crippen molar-refractivity contribution in [1.82, 2.24) is 20.6 Å². The summed E-state index contributed by atoms with van der Waals surface area (Å²) in [5, 5.41) is 31.9. The molecule has 1 saturated heterocycles. The predicted molar refractivity (Wildman–Crippen MR) is 66.9 cm³/mol. The van der Waals surface area contributed by atoms with Crippen LogP contribution in [0.15, 0.2) is 9.26 Å². The molecule has 1 aliphatic rings. The molecule has 0 spiro atoms. The first-order valence-corrected chi connectivity index (χ1v) is 6.19. The van der Waals surface area contributed by atoms with Crippen molar-refractivity contribution in [2.75, 3.05) is 36.0 Å². The number of hydrogen-bond donors (Lipinski definition) is 2. The quantitative estimate of drug-likeness (QED) is 0.722. The van der Waals surface area contributed by atoms with E-state index in [4.69, 9.17) is 10.2 Å². The van der Waals surface area contributed by atoms with E-state index in [1.165, 1.54) is 0 Å². The molecule has 116 valence electrons. The monoisotopic (exact) mass is 310 g/mol. The molecule has 0 radical (unpaired) electrons. The van der Waals surface area contributed by atoms with Crippen LogP contribution in [0.2, 0.25) is 0 Å². The standard InChI is InChI=1S/C10H10N6O6/c17-9(18)5-7(13-21-11-5)15-1-2-16(4-3-15)8-6(10(19)20)12-22-14-8/h1-4H2,(H,17,18)(H,19,20). The van der Waals surface area contributed by atoms with E-state index < -0.39 is 11.9 Å². The smallest absolute Gasteiger partial charge is 0.362 e. The van der Waals surface area contributed by atoms with Gasteiger partial charge < -0.3 is 20.0 Å². The zero-order valence-electron chi connectivity index (χ0n) is 11.0. The fraction of sp³-hybridized carbons (Fsp3) is 0.400. The molecule has 22 heavy (non-hydrogen) atoms. The van der Waals surface area contributed by atoms with E-state index in [-0.39, 0.29) is 23.0 Å². The van der Waals surface area contributed by atoms with E-state index >= 15 is 0 Å². The molecule has 0 unspecified atom stereocenters. The first-order valence-electron chi connectivity index (χ1n) is 6.19. The number of aromatic nitrogens is 4. The van der Waals surface area contributed by atoms with Crippen molar-refractivity contribution in [1.29, 1.82) is 0 Å². The second kappa shape index (κ2) is 5.31. The summed E-state index contributed by atoms with van der Waals surface area (Å²) in [4.78, 5) is 25.4. The first-order chi connectivity index (χ1) is 10.6. The summed E-state index contributed by atoms with van der Waals surface area (Å²) in [6, 6.07) is 0. The molecular formula is C10H10N6O6. The molecule has 2 N–H and O–H groups in total. The first kappa shape index (κ1) is 13.8. The maximum Gasteiger partial charge on any atom is 0.362 e. The average Bonchev–Trinajstić information content (AvgIpc) is 3.16. The summed E-state index contributed by atoms with van der Waals surface area (Å²) < 4.78 is 8.92. The highest BCUT2D eigenvalue weighted by Crippen LogP contribution is 2.22. The van der Waals surface area contributed by atoms with Crippen LogP contribution in [0.1, 0.15) is 21.0 Å². The van der Waals surface area contributed by atoms with Crippen molar-refractivity contribution in [3.8, 4) is 0 Å². The molecule has 2 aromatic rings. The molecule has 1 fully saturated rings. The van der Waals surface area contributed by atoms with Gasteiger partial charge in [0, 0.05) is 26.2 Å². The molecule has 3 heterocycles. The van der Waals surface area contributed by atoms with Crippen LogP contribution >= 0.6 is 0 Å². The van der Waals surface area contributed by atoms with Crippen LogP contribution in [-0.4, -0.2) is 69.0 Å². The van der Waals surface area contributed by atoms with Gasteiger partial charge in [-0.25, -0.2) is 18.8 Å². The fourth-order valence-electron chi connectivity index (χ4n) is 2.18. The van der Waals surface area contributed by atoms with Crippen LogP contribution in [0.4, 0.5) is 11.6 Å². The molecule has 12 nitrogen and oxygen atoms in total. The SMILES string of the molecule is O=C(O)c1nonc1N1CCN(c2nonc2C(=O)O)CC1. The lowest BCUT2D eigenvalue weighted by Gasteiger charge is -2.34. The highest BCUT2D eigenvalue weighted by Gasteiger charge is 2.29. The average molecular weight is 310 g/mol. The third kappa shape index (κ3) is 2.30. The Labute approximate surface area is 121 Å². The molecule has 3 rings (SSSR count). The molecule has 0 atom stereocenters. The molecule has 0 aliphatic carbocycles. The highest BCUT2D eigenvalue weighted by molar-refractivity contribution is 5.91. The number of rotatable bonds is 4. The van der Waals surface area contributed by atoms with E-state index in [1.54, 1.807) is 9.80 Å². The number of aromatic carboxylic acids is 2. The number of carboxylic acid groups (broad SMARTS) is 2. The molecule has 0 bridgehead atoms. The molecule has 0 saturated carbocycles. The van der Waals surface area contributed by atoms with Gasteiger partial charge >= 0.3 is 11.9 Å². The molecule has 12 heteroatoms. The van der Waals surface area contributed by atoms with Crippen molar-refractivity contribution in [2.24, 2.45) is 0 Å². The summed E-state index contributed by atoms with van der Waals surface area (Å²) in [6.45, 7) is 1.56. The van der Waals surface area contributed by atoms with Crippen molar-refractivity contribution in [2.45, 2.75) is 0 Å². The van der Waals surface area contributed by atoms with Gasteiger partial charge in [-0.2, -0.15) is 0 Å². The van der Waals surface area contributed by atoms with Gasteiger partial charge in [0.15, 0.2) is 0 Å². The summed E-state index contributed by atoms with van der Waals surface area (Å²) in [7, 11) is 0. The Bertz CT molecular complexity index is 642. The van der Waals surface area contributed by atoms with Crippen molar-refractivity contribution in [3.63, 3.8) is 0 Å². The van der Waals surface area contributed by atoms with Crippen LogP contribution in [0.5, 0.6) is 0 Å². The number of nitrogens with zero attached hydrogens (tertiary/aromatic N) is 6. The lowest BCUT2D eigenvalue weighted by atomic mass is 10.2. The van der Waals surface area contributed by atoms with Gasteiger partial charge in [-0.05, 0) is 20.6 Å². The minimum absolute atomic E-state index is 0.142. The minimum Gasteiger partial charge on any atom is -0.476 e. The Balaban J connectivity index is 1.73. The number of piperazine rings is 1. The predicted octanol–water partition coefficient (Wildman–Crippen LogP) is -0.824. The van der Waals surface area contributed by atoms with Crippen LogP contribution in [0.25, 0.3) is 0 Å². The Morgan fingerprint density at radius 3 is 1.45 bits per heavy atom. The normalized spacial score (nSPS) is 15.1. The molecule has 2 aromatic heterocycles. The maximum absolute atomic E-state index is 11.0. The topological polar surface area (TPSA) is 159 Å². The third-order valence-electron chi connectivity index (χ3n) is 3.23. The highest BCUT2D eigenvalue weighted by atomic mass is 16.6. The van der Waals surface area contributed by atoms with Crippen LogP contribution in [0, 0.1) is 0 Å². The molecule has 0 aromatic carbocycles. The van der Waals surface area contributed by atoms with E-state index in [0.717, 1.165) is 0 Å². The van der Waals surface area contributed by atoms with Crippen LogP contribution < -0.4 is 9.80 Å². The van der Waals surface area contributed by atoms with Gasteiger partial charge in [-0.1, -0.05) is 0 Å². The van der Waals surface area contributed by atoms with Crippen molar-refractivity contribution < 1.29 is 29.1 Å². The zero-order chi connectivity index (χ0) is 15.7. The lowest BCUT2D eigenvalue weighted by Crippen LogP contribution is -2.47. The minimum atomic E-state index is -1.23. The fourth-order valence-corrected chi connectivity index (χ4v) is 2.18. The van der Waals surface area contributed by atoms with Gasteiger partial charge in [0.05, 0.1) is 0 Å². The number of hydrogen-bond acceptors (Lipinski definition) is 10. The van der Waals surface area contributed by atoms with E-state index in [9.17, 15) is 9.59 Å². The third-order valence-corrected chi connectivity index (χ3v) is 3.23. The molecular weight excluding hydrogens is 300 g/mol. The number of anilines is 2. The lowest BCUT2D eigenvalue weighted by molar-refractivity contribution is 0.0674. The summed E-state index contributed by atoms with van der Waals surface area (Å²) >= 11 is 0. The molecule has 0 amide bonds. The van der Waals surface area contributed by atoms with E-state index in [1.807, 2.05) is 0 Å². The van der Waals surface area contributed by atoms with E-state index in [0.29, 0.717) is 26.2 Å². The van der Waals surface area contributed by atoms with Crippen molar-refractivity contribution in [3.05, 3.63) is 11.4 Å². The van der Waals surface area contributed by atoms with Gasteiger partial charge in [-0.3, -0.25) is 0 Å². The van der Waals surface area contributed by atoms with Gasteiger partial charge in [0.25, 0.3) is 0 Å². The molecule has 1 aliphatic heterocycles. The van der Waals surface area contributed by atoms with Crippen LogP contribution in [0.3, 0.4) is 0 Å². The summed E-state index contributed by atoms with van der Waals surface area (Å²) in [5.41, 5.74) is -0.523. The Morgan fingerprint density at radius 1 is 0.773 bits per heavy atom. The largest absolute Gasteiger partial charge is 0.476 e. The Hall–Kier alpha value is -3.18. The van der Waals surface area contributed by atoms with Gasteiger partial charge in [0.2, 0.25) is 23.0 Å². The van der Waals surface area contributed by atoms with E-state index in [2.05, 4.69) is 29.9 Å².